The Hall–Kier alpha value is -1.69. The molecule has 0 saturated carbocycles. The number of rotatable bonds is 8. The summed E-state index contributed by atoms with van der Waals surface area (Å²) >= 11 is 0. The van der Waals surface area contributed by atoms with Crippen LogP contribution in [-0.4, -0.2) is 74.5 Å². The van der Waals surface area contributed by atoms with Gasteiger partial charge < -0.3 is 24.5 Å². The van der Waals surface area contributed by atoms with Crippen molar-refractivity contribution in [1.29, 1.82) is 0 Å². The predicted octanol–water partition coefficient (Wildman–Crippen LogP) is 3.06. The average Bonchev–Trinajstić information content (AvgIpc) is 3.51. The standard InChI is InChI=1S/C24H35N5O3.HI/c1-3-25-24(26-14-21-17-32-23(28-21)19-6-4-18(2)5-7-19)27-15-22(20-8-11-31-16-20)29-9-12-30-13-10-29;/h4-7,17,20,22H,3,8-16H2,1-2H3,(H2,25,26,27);1H. The summed E-state index contributed by atoms with van der Waals surface area (Å²) in [6.07, 6.45) is 2.80. The lowest BCUT2D eigenvalue weighted by Crippen LogP contribution is -2.53. The molecule has 0 amide bonds. The van der Waals surface area contributed by atoms with Crippen molar-refractivity contribution in [3.8, 4) is 11.5 Å². The van der Waals surface area contributed by atoms with Crippen molar-refractivity contribution in [3.05, 3.63) is 41.8 Å². The number of benzene rings is 1. The van der Waals surface area contributed by atoms with E-state index in [1.165, 1.54) is 5.56 Å². The van der Waals surface area contributed by atoms with Gasteiger partial charge in [-0.2, -0.15) is 0 Å². The molecule has 2 unspecified atom stereocenters. The minimum absolute atomic E-state index is 0. The van der Waals surface area contributed by atoms with Crippen LogP contribution >= 0.6 is 24.0 Å². The van der Waals surface area contributed by atoms with E-state index in [2.05, 4.69) is 46.5 Å². The number of guanidine groups is 1. The maximum atomic E-state index is 5.68. The highest BCUT2D eigenvalue weighted by molar-refractivity contribution is 14.0. The van der Waals surface area contributed by atoms with Crippen LogP contribution in [0.4, 0.5) is 0 Å². The van der Waals surface area contributed by atoms with Crippen molar-refractivity contribution in [1.82, 2.24) is 20.5 Å². The molecule has 2 saturated heterocycles. The lowest BCUT2D eigenvalue weighted by atomic mass is 9.97. The summed E-state index contributed by atoms with van der Waals surface area (Å²) in [5.41, 5.74) is 3.00. The molecule has 1 aromatic heterocycles. The maximum Gasteiger partial charge on any atom is 0.226 e. The van der Waals surface area contributed by atoms with E-state index in [0.29, 0.717) is 24.4 Å². The van der Waals surface area contributed by atoms with Gasteiger partial charge in [0.1, 0.15) is 12.0 Å². The maximum absolute atomic E-state index is 5.68. The van der Waals surface area contributed by atoms with Crippen molar-refractivity contribution in [2.45, 2.75) is 32.9 Å². The normalized spacial score (nSPS) is 20.3. The number of aliphatic imine (C=N–C) groups is 1. The van der Waals surface area contributed by atoms with Gasteiger partial charge in [-0.3, -0.25) is 4.90 Å². The lowest BCUT2D eigenvalue weighted by Gasteiger charge is -2.37. The summed E-state index contributed by atoms with van der Waals surface area (Å²) in [6, 6.07) is 8.58. The molecule has 2 atom stereocenters. The predicted molar refractivity (Wildman–Crippen MR) is 140 cm³/mol. The molecule has 0 aliphatic carbocycles. The highest BCUT2D eigenvalue weighted by atomic mass is 127. The van der Waals surface area contributed by atoms with Crippen LogP contribution in [-0.2, 0) is 16.0 Å². The Morgan fingerprint density at radius 3 is 2.64 bits per heavy atom. The fraction of sp³-hybridized carbons (Fsp3) is 0.583. The van der Waals surface area contributed by atoms with E-state index in [4.69, 9.17) is 18.9 Å². The summed E-state index contributed by atoms with van der Waals surface area (Å²) in [7, 11) is 0. The second-order valence-corrected chi connectivity index (χ2v) is 8.43. The Bertz CT molecular complexity index is 861. The molecule has 2 N–H and O–H groups in total. The van der Waals surface area contributed by atoms with Crippen LogP contribution in [0.5, 0.6) is 0 Å². The monoisotopic (exact) mass is 569 g/mol. The third-order valence-corrected chi connectivity index (χ3v) is 6.10. The molecule has 2 aliphatic rings. The quantitative estimate of drug-likeness (QED) is 0.287. The van der Waals surface area contributed by atoms with Crippen LogP contribution in [0.3, 0.4) is 0 Å². The van der Waals surface area contributed by atoms with Gasteiger partial charge in [0.2, 0.25) is 5.89 Å². The Morgan fingerprint density at radius 2 is 1.94 bits per heavy atom. The number of nitrogens with one attached hydrogen (secondary N) is 2. The molecule has 8 nitrogen and oxygen atoms in total. The minimum Gasteiger partial charge on any atom is -0.444 e. The van der Waals surface area contributed by atoms with E-state index in [-0.39, 0.29) is 24.0 Å². The first-order valence-electron chi connectivity index (χ1n) is 11.7. The third kappa shape index (κ3) is 7.40. The van der Waals surface area contributed by atoms with E-state index in [0.717, 1.165) is 76.2 Å². The first-order valence-corrected chi connectivity index (χ1v) is 11.7. The van der Waals surface area contributed by atoms with Crippen LogP contribution in [0.1, 0.15) is 24.6 Å². The molecule has 0 radical (unpaired) electrons. The summed E-state index contributed by atoms with van der Waals surface area (Å²) in [4.78, 5) is 11.9. The molecule has 0 bridgehead atoms. The number of halogens is 1. The van der Waals surface area contributed by atoms with Crippen molar-refractivity contribution in [2.75, 3.05) is 52.6 Å². The fourth-order valence-corrected chi connectivity index (χ4v) is 4.27. The second kappa shape index (κ2) is 13.3. The third-order valence-electron chi connectivity index (χ3n) is 6.10. The van der Waals surface area contributed by atoms with Crippen molar-refractivity contribution in [2.24, 2.45) is 10.9 Å². The molecule has 9 heteroatoms. The van der Waals surface area contributed by atoms with Gasteiger partial charge in [-0.05, 0) is 32.4 Å². The molecular weight excluding hydrogens is 533 g/mol. The largest absolute Gasteiger partial charge is 0.444 e. The van der Waals surface area contributed by atoms with E-state index in [9.17, 15) is 0 Å². The number of nitrogens with zero attached hydrogens (tertiary/aromatic N) is 3. The Morgan fingerprint density at radius 1 is 1.15 bits per heavy atom. The molecule has 2 fully saturated rings. The van der Waals surface area contributed by atoms with Crippen LogP contribution in [0.25, 0.3) is 11.5 Å². The Labute approximate surface area is 213 Å². The topological polar surface area (TPSA) is 84.2 Å². The van der Waals surface area contributed by atoms with Gasteiger partial charge in [0.05, 0.1) is 26.4 Å². The lowest BCUT2D eigenvalue weighted by molar-refractivity contribution is 0.00246. The number of ether oxygens (including phenoxy) is 2. The second-order valence-electron chi connectivity index (χ2n) is 8.43. The molecule has 0 spiro atoms. The van der Waals surface area contributed by atoms with Gasteiger partial charge >= 0.3 is 0 Å². The van der Waals surface area contributed by atoms with Gasteiger partial charge in [-0.25, -0.2) is 9.98 Å². The van der Waals surface area contributed by atoms with Crippen LogP contribution in [0, 0.1) is 12.8 Å². The molecular formula is C24H36IN5O3. The fourth-order valence-electron chi connectivity index (χ4n) is 4.27. The molecule has 2 aromatic rings. The number of morpholine rings is 1. The molecule has 3 heterocycles. The number of hydrogen-bond donors (Lipinski definition) is 2. The van der Waals surface area contributed by atoms with Crippen molar-refractivity contribution >= 4 is 29.9 Å². The zero-order valence-corrected chi connectivity index (χ0v) is 21.9. The van der Waals surface area contributed by atoms with E-state index >= 15 is 0 Å². The zero-order chi connectivity index (χ0) is 22.2. The van der Waals surface area contributed by atoms with E-state index in [1.54, 1.807) is 6.26 Å². The summed E-state index contributed by atoms with van der Waals surface area (Å²) in [5, 5.41) is 6.90. The first kappa shape index (κ1) is 25.9. The molecule has 2 aliphatic heterocycles. The van der Waals surface area contributed by atoms with Gasteiger partial charge in [-0.1, -0.05) is 17.7 Å². The smallest absolute Gasteiger partial charge is 0.226 e. The Balaban J connectivity index is 0.00000306. The highest BCUT2D eigenvalue weighted by Crippen LogP contribution is 2.22. The molecule has 4 rings (SSSR count). The summed E-state index contributed by atoms with van der Waals surface area (Å²) in [5.74, 6) is 1.96. The number of hydrogen-bond acceptors (Lipinski definition) is 6. The summed E-state index contributed by atoms with van der Waals surface area (Å²) in [6.45, 7) is 11.5. The van der Waals surface area contributed by atoms with Crippen LogP contribution in [0.2, 0.25) is 0 Å². The number of aromatic nitrogens is 1. The highest BCUT2D eigenvalue weighted by Gasteiger charge is 2.31. The molecule has 1 aromatic carbocycles. The molecule has 182 valence electrons. The number of aryl methyl sites for hydroxylation is 1. The number of oxazole rings is 1. The van der Waals surface area contributed by atoms with E-state index < -0.39 is 0 Å². The van der Waals surface area contributed by atoms with Crippen LogP contribution < -0.4 is 10.6 Å². The summed E-state index contributed by atoms with van der Waals surface area (Å²) < 4.78 is 16.9. The molecule has 33 heavy (non-hydrogen) atoms. The SMILES string of the molecule is CCNC(=NCc1coc(-c2ccc(C)cc2)n1)NCC(C1CCOC1)N1CCOCC1.I. The van der Waals surface area contributed by atoms with Gasteiger partial charge in [0.25, 0.3) is 0 Å². The first-order chi connectivity index (χ1) is 15.7. The Kier molecular flexibility index (Phi) is 10.4. The van der Waals surface area contributed by atoms with Crippen molar-refractivity contribution in [3.63, 3.8) is 0 Å². The van der Waals surface area contributed by atoms with Crippen LogP contribution in [0.15, 0.2) is 39.9 Å². The van der Waals surface area contributed by atoms with Crippen molar-refractivity contribution < 1.29 is 13.9 Å². The average molecular weight is 569 g/mol. The zero-order valence-electron chi connectivity index (χ0n) is 19.6. The minimum atomic E-state index is 0. The van der Waals surface area contributed by atoms with Gasteiger partial charge in [0, 0.05) is 50.3 Å². The van der Waals surface area contributed by atoms with Gasteiger partial charge in [-0.15, -0.1) is 24.0 Å². The van der Waals surface area contributed by atoms with Gasteiger partial charge in [0.15, 0.2) is 5.96 Å². The van der Waals surface area contributed by atoms with E-state index in [1.807, 2.05) is 12.1 Å².